The molecule has 0 saturated heterocycles. The van der Waals surface area contributed by atoms with Gasteiger partial charge in [-0.2, -0.15) is 4.98 Å². The minimum atomic E-state index is -0.370. The quantitative estimate of drug-likeness (QED) is 0.634. The molecular formula is C21H20N4O2S. The molecule has 1 aliphatic heterocycles. The highest BCUT2D eigenvalue weighted by Gasteiger charge is 2.35. The molecule has 7 heteroatoms. The summed E-state index contributed by atoms with van der Waals surface area (Å²) in [5.41, 5.74) is 3.68. The van der Waals surface area contributed by atoms with E-state index in [0.29, 0.717) is 18.3 Å². The van der Waals surface area contributed by atoms with Gasteiger partial charge in [-0.15, -0.1) is 17.9 Å². The molecule has 2 amide bonds. The van der Waals surface area contributed by atoms with Gasteiger partial charge in [-0.25, -0.2) is 4.79 Å². The van der Waals surface area contributed by atoms with Gasteiger partial charge in [-0.3, -0.25) is 4.90 Å². The monoisotopic (exact) mass is 392 g/mol. The van der Waals surface area contributed by atoms with Crippen LogP contribution < -0.4 is 5.32 Å². The van der Waals surface area contributed by atoms with Crippen LogP contribution in [-0.4, -0.2) is 27.6 Å². The van der Waals surface area contributed by atoms with Gasteiger partial charge >= 0.3 is 6.03 Å². The number of allylic oxidation sites excluding steroid dienone is 1. The van der Waals surface area contributed by atoms with Crippen LogP contribution in [0, 0.1) is 6.92 Å². The number of nitrogens with one attached hydrogen (secondary N) is 1. The first-order valence-electron chi connectivity index (χ1n) is 8.92. The summed E-state index contributed by atoms with van der Waals surface area (Å²) >= 11 is 1.55. The summed E-state index contributed by atoms with van der Waals surface area (Å²) < 4.78 is 5.62. The number of amides is 2. The largest absolute Gasteiger partial charge is 0.334 e. The lowest BCUT2D eigenvalue weighted by atomic mass is 9.94. The van der Waals surface area contributed by atoms with Gasteiger partial charge in [0.1, 0.15) is 0 Å². The minimum absolute atomic E-state index is 0.176. The summed E-state index contributed by atoms with van der Waals surface area (Å²) in [4.78, 5) is 19.9. The maximum Gasteiger partial charge on any atom is 0.322 e. The summed E-state index contributed by atoms with van der Waals surface area (Å²) in [5, 5.41) is 9.18. The summed E-state index contributed by atoms with van der Waals surface area (Å²) in [6.45, 7) is 8.08. The zero-order valence-electron chi connectivity index (χ0n) is 15.7. The first-order valence-corrected chi connectivity index (χ1v) is 9.80. The number of thiophene rings is 1. The average Bonchev–Trinajstić information content (AvgIpc) is 3.37. The summed E-state index contributed by atoms with van der Waals surface area (Å²) in [7, 11) is 0. The zero-order chi connectivity index (χ0) is 19.7. The Morgan fingerprint density at radius 2 is 2.07 bits per heavy atom. The Morgan fingerprint density at radius 1 is 1.29 bits per heavy atom. The summed E-state index contributed by atoms with van der Waals surface area (Å²) in [6, 6.07) is 11.4. The normalized spacial score (nSPS) is 17.0. The molecule has 1 unspecified atom stereocenters. The van der Waals surface area contributed by atoms with Crippen LogP contribution in [-0.2, 0) is 0 Å². The molecule has 1 aliphatic rings. The molecule has 3 aromatic rings. The number of carbonyl (C=O) groups is 1. The third-order valence-electron chi connectivity index (χ3n) is 4.72. The maximum atomic E-state index is 12.7. The number of nitrogens with zero attached hydrogens (tertiary/aromatic N) is 3. The maximum absolute atomic E-state index is 12.7. The molecule has 2 aromatic heterocycles. The lowest BCUT2D eigenvalue weighted by molar-refractivity contribution is 0.209. The second-order valence-electron chi connectivity index (χ2n) is 6.59. The minimum Gasteiger partial charge on any atom is -0.334 e. The van der Waals surface area contributed by atoms with Crippen LogP contribution in [0.5, 0.6) is 0 Å². The van der Waals surface area contributed by atoms with E-state index < -0.39 is 0 Å². The lowest BCUT2D eigenvalue weighted by Crippen LogP contribution is -2.46. The van der Waals surface area contributed by atoms with Crippen molar-refractivity contribution in [3.63, 3.8) is 0 Å². The molecule has 1 atom stereocenters. The van der Waals surface area contributed by atoms with Gasteiger partial charge in [0.15, 0.2) is 0 Å². The Morgan fingerprint density at radius 3 is 2.75 bits per heavy atom. The number of aryl methyl sites for hydroxylation is 1. The summed E-state index contributed by atoms with van der Waals surface area (Å²) in [6.07, 6.45) is 1.69. The molecule has 0 fully saturated rings. The van der Waals surface area contributed by atoms with Crippen molar-refractivity contribution < 1.29 is 9.32 Å². The molecule has 0 saturated carbocycles. The smallest absolute Gasteiger partial charge is 0.322 e. The van der Waals surface area contributed by atoms with Crippen LogP contribution in [0.1, 0.15) is 30.0 Å². The number of hydrogen-bond acceptors (Lipinski definition) is 5. The van der Waals surface area contributed by atoms with Crippen LogP contribution >= 0.6 is 11.3 Å². The molecular weight excluding hydrogens is 372 g/mol. The SMILES string of the molecule is C=CCN1C(=O)NC(c2ccc(C)cc2)C(c2nc(-c3cccs3)no2)=C1C. The third-order valence-corrected chi connectivity index (χ3v) is 5.58. The van der Waals surface area contributed by atoms with Crippen molar-refractivity contribution in [1.29, 1.82) is 0 Å². The van der Waals surface area contributed by atoms with Crippen molar-refractivity contribution in [2.24, 2.45) is 0 Å². The Labute approximate surface area is 167 Å². The van der Waals surface area contributed by atoms with E-state index in [1.54, 1.807) is 22.3 Å². The van der Waals surface area contributed by atoms with E-state index in [1.807, 2.05) is 55.6 Å². The van der Waals surface area contributed by atoms with Crippen molar-refractivity contribution in [3.05, 3.63) is 77.1 Å². The fraction of sp³-hybridized carbons (Fsp3) is 0.190. The van der Waals surface area contributed by atoms with Crippen molar-refractivity contribution in [3.8, 4) is 10.7 Å². The fourth-order valence-corrected chi connectivity index (χ4v) is 3.90. The van der Waals surface area contributed by atoms with Crippen molar-refractivity contribution in [1.82, 2.24) is 20.4 Å². The first-order chi connectivity index (χ1) is 13.6. The van der Waals surface area contributed by atoms with Gasteiger partial charge in [0.25, 0.3) is 5.89 Å². The third kappa shape index (κ3) is 3.25. The van der Waals surface area contributed by atoms with Crippen LogP contribution in [0.4, 0.5) is 4.79 Å². The molecule has 6 nitrogen and oxygen atoms in total. The Hall–Kier alpha value is -3.19. The van der Waals surface area contributed by atoms with Crippen LogP contribution in [0.15, 0.2) is 64.7 Å². The number of benzene rings is 1. The van der Waals surface area contributed by atoms with E-state index >= 15 is 0 Å². The molecule has 142 valence electrons. The van der Waals surface area contributed by atoms with E-state index in [-0.39, 0.29) is 12.1 Å². The van der Waals surface area contributed by atoms with Crippen LogP contribution in [0.2, 0.25) is 0 Å². The molecule has 28 heavy (non-hydrogen) atoms. The summed E-state index contributed by atoms with van der Waals surface area (Å²) in [5.74, 6) is 0.945. The molecule has 4 rings (SSSR count). The molecule has 0 radical (unpaired) electrons. The highest BCUT2D eigenvalue weighted by atomic mass is 32.1. The van der Waals surface area contributed by atoms with Gasteiger partial charge in [0.2, 0.25) is 5.82 Å². The van der Waals surface area contributed by atoms with E-state index in [0.717, 1.165) is 27.3 Å². The van der Waals surface area contributed by atoms with Crippen LogP contribution in [0.3, 0.4) is 0 Å². The molecule has 1 aromatic carbocycles. The van der Waals surface area contributed by atoms with E-state index in [1.165, 1.54) is 0 Å². The molecule has 0 aliphatic carbocycles. The van der Waals surface area contributed by atoms with Gasteiger partial charge in [-0.1, -0.05) is 47.1 Å². The van der Waals surface area contributed by atoms with Gasteiger partial charge in [0.05, 0.1) is 16.5 Å². The topological polar surface area (TPSA) is 71.3 Å². The highest BCUT2D eigenvalue weighted by molar-refractivity contribution is 7.13. The predicted molar refractivity (Wildman–Crippen MR) is 110 cm³/mol. The average molecular weight is 392 g/mol. The van der Waals surface area contributed by atoms with Crippen molar-refractivity contribution >= 4 is 22.9 Å². The van der Waals surface area contributed by atoms with Crippen LogP contribution in [0.25, 0.3) is 16.3 Å². The second-order valence-corrected chi connectivity index (χ2v) is 7.54. The van der Waals surface area contributed by atoms with E-state index in [9.17, 15) is 4.79 Å². The number of aromatic nitrogens is 2. The Bertz CT molecular complexity index is 1030. The number of hydrogen-bond donors (Lipinski definition) is 1. The Kier molecular flexibility index (Phi) is 4.83. The lowest BCUT2D eigenvalue weighted by Gasteiger charge is -2.34. The molecule has 1 N–H and O–H groups in total. The first kappa shape index (κ1) is 18.2. The standard InChI is InChI=1S/C21H20N4O2S/c1-4-11-25-14(3)17(20-23-19(24-27-20)16-6-5-12-28-16)18(22-21(25)26)15-9-7-13(2)8-10-15/h4-10,12,18H,1,11H2,2-3H3,(H,22,26). The highest BCUT2D eigenvalue weighted by Crippen LogP contribution is 2.37. The van der Waals surface area contributed by atoms with E-state index in [2.05, 4.69) is 22.0 Å². The predicted octanol–water partition coefficient (Wildman–Crippen LogP) is 4.79. The molecule has 3 heterocycles. The molecule has 0 spiro atoms. The number of carbonyl (C=O) groups excluding carboxylic acids is 1. The van der Waals surface area contributed by atoms with E-state index in [4.69, 9.17) is 4.52 Å². The molecule has 0 bridgehead atoms. The second kappa shape index (κ2) is 7.44. The number of urea groups is 1. The van der Waals surface area contributed by atoms with Gasteiger partial charge in [0, 0.05) is 12.2 Å². The van der Waals surface area contributed by atoms with Gasteiger partial charge in [-0.05, 0) is 30.9 Å². The zero-order valence-corrected chi connectivity index (χ0v) is 16.5. The number of rotatable bonds is 5. The van der Waals surface area contributed by atoms with Crippen molar-refractivity contribution in [2.45, 2.75) is 19.9 Å². The fourth-order valence-electron chi connectivity index (χ4n) is 3.25. The van der Waals surface area contributed by atoms with Crippen molar-refractivity contribution in [2.75, 3.05) is 6.54 Å². The van der Waals surface area contributed by atoms with Gasteiger partial charge < -0.3 is 9.84 Å². The Balaban J connectivity index is 1.83.